The molecule has 0 amide bonds. The molecule has 2 rings (SSSR count). The molecular weight excluding hydrogens is 162 g/mol. The molecule has 1 saturated heterocycles. The van der Waals surface area contributed by atoms with Crippen molar-refractivity contribution in [3.8, 4) is 0 Å². The molecule has 1 heterocycles. The summed E-state index contributed by atoms with van der Waals surface area (Å²) in [6.07, 6.45) is 0. The molecule has 69 valence electrons. The van der Waals surface area contributed by atoms with Gasteiger partial charge in [0, 0.05) is 6.04 Å². The minimum Gasteiger partial charge on any atom is -0.378 e. The quantitative estimate of drug-likeness (QED) is 0.639. The molecule has 0 N–H and O–H groups in total. The minimum atomic E-state index is 0.241. The summed E-state index contributed by atoms with van der Waals surface area (Å²) in [4.78, 5) is 0. The van der Waals surface area contributed by atoms with Gasteiger partial charge in [-0.25, -0.2) is 5.32 Å². The van der Waals surface area contributed by atoms with Gasteiger partial charge in [0.2, 0.25) is 0 Å². The average molecular weight is 176 g/mol. The van der Waals surface area contributed by atoms with Gasteiger partial charge in [-0.05, 0) is 12.5 Å². The number of hydrogen-bond donors (Lipinski definition) is 0. The van der Waals surface area contributed by atoms with E-state index in [1.165, 1.54) is 5.56 Å². The van der Waals surface area contributed by atoms with E-state index in [-0.39, 0.29) is 6.04 Å². The number of hydrogen-bond acceptors (Lipinski definition) is 1. The monoisotopic (exact) mass is 176 g/mol. The highest BCUT2D eigenvalue weighted by Crippen LogP contribution is 2.18. The zero-order valence-electron chi connectivity index (χ0n) is 7.81. The van der Waals surface area contributed by atoms with Gasteiger partial charge in [0.1, 0.15) is 0 Å². The van der Waals surface area contributed by atoms with E-state index >= 15 is 0 Å². The largest absolute Gasteiger partial charge is 0.378 e. The van der Waals surface area contributed by atoms with Gasteiger partial charge in [0.05, 0.1) is 19.3 Å². The second-order valence-electron chi connectivity index (χ2n) is 3.46. The van der Waals surface area contributed by atoms with Gasteiger partial charge in [-0.1, -0.05) is 30.3 Å². The summed E-state index contributed by atoms with van der Waals surface area (Å²) in [5, 5.41) is 4.63. The minimum absolute atomic E-state index is 0.241. The number of benzene rings is 1. The van der Waals surface area contributed by atoms with Gasteiger partial charge in [-0.2, -0.15) is 0 Å². The SMILES string of the molecule is CC1COCC(c2ccccc2)[N]1. The number of nitrogens with zero attached hydrogens (tertiary/aromatic N) is 1. The second-order valence-corrected chi connectivity index (χ2v) is 3.46. The van der Waals surface area contributed by atoms with Gasteiger partial charge in [-0.15, -0.1) is 0 Å². The Hall–Kier alpha value is -0.860. The molecule has 2 unspecified atom stereocenters. The lowest BCUT2D eigenvalue weighted by Gasteiger charge is -2.27. The van der Waals surface area contributed by atoms with Crippen molar-refractivity contribution in [2.24, 2.45) is 0 Å². The van der Waals surface area contributed by atoms with Crippen LogP contribution in [0.4, 0.5) is 0 Å². The van der Waals surface area contributed by atoms with Crippen molar-refractivity contribution in [1.29, 1.82) is 0 Å². The highest BCUT2D eigenvalue weighted by molar-refractivity contribution is 5.19. The Balaban J connectivity index is 2.08. The first-order valence-electron chi connectivity index (χ1n) is 4.69. The van der Waals surface area contributed by atoms with Gasteiger partial charge in [0.25, 0.3) is 0 Å². The Morgan fingerprint density at radius 2 is 2.00 bits per heavy atom. The number of rotatable bonds is 1. The fourth-order valence-corrected chi connectivity index (χ4v) is 1.60. The van der Waals surface area contributed by atoms with Crippen molar-refractivity contribution in [3.05, 3.63) is 35.9 Å². The molecule has 1 aliphatic heterocycles. The van der Waals surface area contributed by atoms with Crippen LogP contribution < -0.4 is 5.32 Å². The van der Waals surface area contributed by atoms with Crippen LogP contribution in [0.25, 0.3) is 0 Å². The Morgan fingerprint density at radius 1 is 1.23 bits per heavy atom. The van der Waals surface area contributed by atoms with E-state index in [0.29, 0.717) is 6.04 Å². The van der Waals surface area contributed by atoms with E-state index in [2.05, 4.69) is 24.4 Å². The summed E-state index contributed by atoms with van der Waals surface area (Å²) in [6.45, 7) is 3.59. The molecule has 0 bridgehead atoms. The van der Waals surface area contributed by atoms with E-state index in [9.17, 15) is 0 Å². The molecular formula is C11H14NO. The van der Waals surface area contributed by atoms with Crippen LogP contribution in [0.3, 0.4) is 0 Å². The van der Waals surface area contributed by atoms with Crippen LogP contribution in [0.1, 0.15) is 18.5 Å². The summed E-state index contributed by atoms with van der Waals surface area (Å²) >= 11 is 0. The van der Waals surface area contributed by atoms with E-state index in [4.69, 9.17) is 4.74 Å². The highest BCUT2D eigenvalue weighted by atomic mass is 16.5. The molecule has 0 aliphatic carbocycles. The van der Waals surface area contributed by atoms with Crippen molar-refractivity contribution in [2.75, 3.05) is 13.2 Å². The van der Waals surface area contributed by atoms with Crippen LogP contribution in [0.5, 0.6) is 0 Å². The maximum atomic E-state index is 5.46. The van der Waals surface area contributed by atoms with E-state index in [1.807, 2.05) is 18.2 Å². The first-order chi connectivity index (χ1) is 6.36. The zero-order chi connectivity index (χ0) is 9.10. The van der Waals surface area contributed by atoms with Crippen molar-refractivity contribution in [2.45, 2.75) is 19.0 Å². The summed E-state index contributed by atoms with van der Waals surface area (Å²) in [7, 11) is 0. The van der Waals surface area contributed by atoms with E-state index < -0.39 is 0 Å². The Labute approximate surface area is 78.9 Å². The summed E-state index contributed by atoms with van der Waals surface area (Å²) in [5.74, 6) is 0. The fourth-order valence-electron chi connectivity index (χ4n) is 1.60. The molecule has 1 aliphatic rings. The standard InChI is InChI=1S/C11H14NO/c1-9-7-13-8-11(12-9)10-5-3-2-4-6-10/h2-6,9,11H,7-8H2,1H3. The number of morpholine rings is 1. The lowest BCUT2D eigenvalue weighted by Crippen LogP contribution is -2.36. The van der Waals surface area contributed by atoms with Crippen molar-refractivity contribution < 1.29 is 4.74 Å². The Bertz CT molecular complexity index is 260. The molecule has 13 heavy (non-hydrogen) atoms. The van der Waals surface area contributed by atoms with Crippen LogP contribution in [-0.2, 0) is 4.74 Å². The molecule has 2 atom stereocenters. The number of ether oxygens (including phenoxy) is 1. The van der Waals surface area contributed by atoms with Crippen LogP contribution in [0.2, 0.25) is 0 Å². The van der Waals surface area contributed by atoms with Crippen LogP contribution >= 0.6 is 0 Å². The normalized spacial score (nSPS) is 28.7. The predicted molar refractivity (Wildman–Crippen MR) is 51.6 cm³/mol. The molecule has 1 radical (unpaired) electrons. The van der Waals surface area contributed by atoms with Gasteiger partial charge in [-0.3, -0.25) is 0 Å². The van der Waals surface area contributed by atoms with Crippen molar-refractivity contribution in [1.82, 2.24) is 5.32 Å². The zero-order valence-corrected chi connectivity index (χ0v) is 7.81. The average Bonchev–Trinajstić information content (AvgIpc) is 2.19. The third kappa shape index (κ3) is 2.08. The van der Waals surface area contributed by atoms with Crippen LogP contribution in [0.15, 0.2) is 30.3 Å². The topological polar surface area (TPSA) is 23.3 Å². The third-order valence-electron chi connectivity index (χ3n) is 2.25. The molecule has 1 aromatic carbocycles. The Morgan fingerprint density at radius 3 is 2.69 bits per heavy atom. The first-order valence-corrected chi connectivity index (χ1v) is 4.69. The summed E-state index contributed by atoms with van der Waals surface area (Å²) in [5.41, 5.74) is 1.26. The smallest absolute Gasteiger partial charge is 0.0733 e. The first kappa shape index (κ1) is 8.73. The second kappa shape index (κ2) is 3.90. The third-order valence-corrected chi connectivity index (χ3v) is 2.25. The van der Waals surface area contributed by atoms with Crippen LogP contribution in [-0.4, -0.2) is 19.3 Å². The molecule has 1 aromatic rings. The lowest BCUT2D eigenvalue weighted by molar-refractivity contribution is 0.0476. The molecule has 2 nitrogen and oxygen atoms in total. The van der Waals surface area contributed by atoms with E-state index in [0.717, 1.165) is 13.2 Å². The molecule has 0 aromatic heterocycles. The summed E-state index contributed by atoms with van der Waals surface area (Å²) in [6, 6.07) is 10.9. The van der Waals surface area contributed by atoms with Gasteiger partial charge < -0.3 is 4.74 Å². The maximum absolute atomic E-state index is 5.46. The molecule has 1 fully saturated rings. The Kier molecular flexibility index (Phi) is 2.62. The highest BCUT2D eigenvalue weighted by Gasteiger charge is 2.20. The maximum Gasteiger partial charge on any atom is 0.0733 e. The molecule has 2 heteroatoms. The summed E-state index contributed by atoms with van der Waals surface area (Å²) < 4.78 is 5.46. The van der Waals surface area contributed by atoms with Crippen LogP contribution in [0, 0.1) is 0 Å². The fraction of sp³-hybridized carbons (Fsp3) is 0.455. The predicted octanol–water partition coefficient (Wildman–Crippen LogP) is 1.75. The van der Waals surface area contributed by atoms with E-state index in [1.54, 1.807) is 0 Å². The van der Waals surface area contributed by atoms with Crippen molar-refractivity contribution >= 4 is 0 Å². The van der Waals surface area contributed by atoms with Gasteiger partial charge in [0.15, 0.2) is 0 Å². The molecule has 0 spiro atoms. The van der Waals surface area contributed by atoms with Crippen molar-refractivity contribution in [3.63, 3.8) is 0 Å². The molecule has 0 saturated carbocycles. The lowest BCUT2D eigenvalue weighted by atomic mass is 10.1. The van der Waals surface area contributed by atoms with Gasteiger partial charge >= 0.3 is 0 Å².